The molecule has 170 valence electrons. The largest absolute Gasteiger partial charge is 0.493 e. The highest BCUT2D eigenvalue weighted by Gasteiger charge is 2.27. The van der Waals surface area contributed by atoms with E-state index < -0.39 is 11.9 Å². The Hall–Kier alpha value is -2.72. The van der Waals surface area contributed by atoms with Crippen molar-refractivity contribution in [1.29, 1.82) is 0 Å². The predicted molar refractivity (Wildman–Crippen MR) is 118 cm³/mol. The minimum absolute atomic E-state index is 0.0255. The van der Waals surface area contributed by atoms with Crippen LogP contribution in [0.1, 0.15) is 35.9 Å². The Kier molecular flexibility index (Phi) is 9.20. The lowest BCUT2D eigenvalue weighted by Gasteiger charge is -2.16. The maximum absolute atomic E-state index is 12.6. The van der Waals surface area contributed by atoms with Gasteiger partial charge in [0.25, 0.3) is 0 Å². The van der Waals surface area contributed by atoms with Crippen molar-refractivity contribution in [2.75, 3.05) is 34.5 Å². The number of hydrogen-bond acceptors (Lipinski definition) is 7. The Bertz CT molecular complexity index is 927. The maximum Gasteiger partial charge on any atom is 0.355 e. The van der Waals surface area contributed by atoms with Gasteiger partial charge in [-0.1, -0.05) is 6.92 Å². The molecule has 0 saturated carbocycles. The molecule has 31 heavy (non-hydrogen) atoms. The van der Waals surface area contributed by atoms with Crippen molar-refractivity contribution in [3.8, 4) is 28.4 Å². The summed E-state index contributed by atoms with van der Waals surface area (Å²) in [6.45, 7) is 2.77. The SMILES string of the molecule is CCCOC(=O)c1[nH]c(CNCCC(=O)O)c(-c2ccc(OC)c(OC)c2OC)c1Br. The minimum Gasteiger partial charge on any atom is -0.493 e. The third kappa shape index (κ3) is 5.71. The Morgan fingerprint density at radius 3 is 2.42 bits per heavy atom. The van der Waals surface area contributed by atoms with Gasteiger partial charge in [0.1, 0.15) is 5.69 Å². The Morgan fingerprint density at radius 1 is 1.13 bits per heavy atom. The second kappa shape index (κ2) is 11.6. The number of ether oxygens (including phenoxy) is 4. The highest BCUT2D eigenvalue weighted by atomic mass is 79.9. The number of aromatic nitrogens is 1. The summed E-state index contributed by atoms with van der Waals surface area (Å²) < 4.78 is 22.2. The summed E-state index contributed by atoms with van der Waals surface area (Å²) in [5, 5.41) is 11.9. The molecule has 0 fully saturated rings. The minimum atomic E-state index is -0.897. The smallest absolute Gasteiger partial charge is 0.355 e. The molecule has 1 aromatic carbocycles. The molecule has 0 atom stereocenters. The molecular weight excluding hydrogens is 472 g/mol. The lowest BCUT2D eigenvalue weighted by atomic mass is 10.0. The molecular formula is C21H27BrN2O7. The standard InChI is InChI=1S/C21H27BrN2O7/c1-5-10-31-21(27)18-17(22)16(13(24-18)11-23-9-8-15(25)26)12-6-7-14(28-2)20(30-4)19(12)29-3/h6-7,23-24H,5,8-11H2,1-4H3,(H,25,26). The first-order valence-corrected chi connectivity index (χ1v) is 10.5. The van der Waals surface area contributed by atoms with Crippen LogP contribution in [0.2, 0.25) is 0 Å². The molecule has 10 heteroatoms. The number of benzene rings is 1. The number of aliphatic carboxylic acids is 1. The van der Waals surface area contributed by atoms with Crippen molar-refractivity contribution in [1.82, 2.24) is 10.3 Å². The molecule has 0 amide bonds. The molecule has 0 aliphatic heterocycles. The summed E-state index contributed by atoms with van der Waals surface area (Å²) in [5.41, 5.74) is 2.25. The van der Waals surface area contributed by atoms with Gasteiger partial charge in [-0.05, 0) is 34.5 Å². The van der Waals surface area contributed by atoms with Crippen LogP contribution in [0.4, 0.5) is 0 Å². The van der Waals surface area contributed by atoms with Crippen molar-refractivity contribution in [2.24, 2.45) is 0 Å². The van der Waals surface area contributed by atoms with Crippen LogP contribution < -0.4 is 19.5 Å². The molecule has 0 spiro atoms. The average Bonchev–Trinajstić information content (AvgIpc) is 3.09. The monoisotopic (exact) mass is 498 g/mol. The summed E-state index contributed by atoms with van der Waals surface area (Å²) in [5.74, 6) is -0.0484. The van der Waals surface area contributed by atoms with Gasteiger partial charge in [0.15, 0.2) is 11.5 Å². The number of aromatic amines is 1. The third-order valence-corrected chi connectivity index (χ3v) is 5.24. The summed E-state index contributed by atoms with van der Waals surface area (Å²) in [4.78, 5) is 26.5. The van der Waals surface area contributed by atoms with Gasteiger partial charge in [-0.3, -0.25) is 4.79 Å². The summed E-state index contributed by atoms with van der Waals surface area (Å²) >= 11 is 3.53. The van der Waals surface area contributed by atoms with Crippen LogP contribution in [0, 0.1) is 0 Å². The Labute approximate surface area is 189 Å². The number of carbonyl (C=O) groups is 2. The highest BCUT2D eigenvalue weighted by molar-refractivity contribution is 9.10. The zero-order chi connectivity index (χ0) is 23.0. The van der Waals surface area contributed by atoms with E-state index in [0.717, 1.165) is 0 Å². The number of halogens is 1. The molecule has 0 aliphatic rings. The predicted octanol–water partition coefficient (Wildman–Crippen LogP) is 3.60. The average molecular weight is 499 g/mol. The van der Waals surface area contributed by atoms with E-state index in [1.165, 1.54) is 21.3 Å². The number of hydrogen-bond donors (Lipinski definition) is 3. The van der Waals surface area contributed by atoms with Crippen molar-refractivity contribution >= 4 is 27.9 Å². The van der Waals surface area contributed by atoms with Gasteiger partial charge in [-0.15, -0.1) is 0 Å². The van der Waals surface area contributed by atoms with Gasteiger partial charge in [0, 0.05) is 29.9 Å². The van der Waals surface area contributed by atoms with Gasteiger partial charge >= 0.3 is 11.9 Å². The van der Waals surface area contributed by atoms with Gasteiger partial charge in [-0.25, -0.2) is 4.79 Å². The maximum atomic E-state index is 12.6. The Morgan fingerprint density at radius 2 is 1.84 bits per heavy atom. The van der Waals surface area contributed by atoms with Crippen molar-refractivity contribution in [3.05, 3.63) is 28.0 Å². The van der Waals surface area contributed by atoms with Gasteiger partial charge in [0.05, 0.1) is 38.8 Å². The van der Waals surface area contributed by atoms with E-state index in [0.29, 0.717) is 58.1 Å². The van der Waals surface area contributed by atoms with E-state index in [-0.39, 0.29) is 18.7 Å². The van der Waals surface area contributed by atoms with E-state index in [2.05, 4.69) is 26.2 Å². The molecule has 2 rings (SSSR count). The van der Waals surface area contributed by atoms with Crippen LogP contribution in [-0.4, -0.2) is 56.5 Å². The van der Waals surface area contributed by atoms with Gasteiger partial charge in [0.2, 0.25) is 5.75 Å². The topological polar surface area (TPSA) is 119 Å². The number of carbonyl (C=O) groups excluding carboxylic acids is 1. The van der Waals surface area contributed by atoms with Crippen LogP contribution in [0.25, 0.3) is 11.1 Å². The summed E-state index contributed by atoms with van der Waals surface area (Å²) in [6, 6.07) is 3.54. The molecule has 2 aromatic rings. The number of rotatable bonds is 12. The number of esters is 1. The second-order valence-corrected chi connectivity index (χ2v) is 7.30. The molecule has 1 heterocycles. The molecule has 3 N–H and O–H groups in total. The van der Waals surface area contributed by atoms with Crippen LogP contribution in [-0.2, 0) is 16.1 Å². The first-order chi connectivity index (χ1) is 14.9. The number of nitrogens with one attached hydrogen (secondary N) is 2. The van der Waals surface area contributed by atoms with Crippen LogP contribution in [0.5, 0.6) is 17.2 Å². The van der Waals surface area contributed by atoms with Gasteiger partial charge in [-0.2, -0.15) is 0 Å². The number of carboxylic acids is 1. The quantitative estimate of drug-likeness (QED) is 0.300. The molecule has 0 radical (unpaired) electrons. The molecule has 0 unspecified atom stereocenters. The Balaban J connectivity index is 2.57. The molecule has 1 aromatic heterocycles. The lowest BCUT2D eigenvalue weighted by molar-refractivity contribution is -0.136. The van der Waals surface area contributed by atoms with Crippen LogP contribution >= 0.6 is 15.9 Å². The van der Waals surface area contributed by atoms with E-state index in [4.69, 9.17) is 24.1 Å². The molecule has 0 aliphatic carbocycles. The van der Waals surface area contributed by atoms with E-state index in [9.17, 15) is 9.59 Å². The first-order valence-electron chi connectivity index (χ1n) is 9.68. The summed E-state index contributed by atoms with van der Waals surface area (Å²) in [6.07, 6.45) is 0.673. The van der Waals surface area contributed by atoms with Crippen LogP contribution in [0.3, 0.4) is 0 Å². The van der Waals surface area contributed by atoms with Crippen molar-refractivity contribution in [2.45, 2.75) is 26.3 Å². The first kappa shape index (κ1) is 24.5. The number of carboxylic acid groups (broad SMARTS) is 1. The summed E-state index contributed by atoms with van der Waals surface area (Å²) in [7, 11) is 4.56. The number of methoxy groups -OCH3 is 3. The van der Waals surface area contributed by atoms with E-state index in [1.54, 1.807) is 12.1 Å². The zero-order valence-electron chi connectivity index (χ0n) is 18.0. The van der Waals surface area contributed by atoms with Crippen LogP contribution in [0.15, 0.2) is 16.6 Å². The normalized spacial score (nSPS) is 10.6. The fourth-order valence-corrected chi connectivity index (χ4v) is 3.77. The van der Waals surface area contributed by atoms with Crippen molar-refractivity contribution in [3.63, 3.8) is 0 Å². The van der Waals surface area contributed by atoms with E-state index >= 15 is 0 Å². The van der Waals surface area contributed by atoms with E-state index in [1.807, 2.05) is 6.92 Å². The third-order valence-electron chi connectivity index (χ3n) is 4.45. The van der Waals surface area contributed by atoms with Crippen molar-refractivity contribution < 1.29 is 33.6 Å². The second-order valence-electron chi connectivity index (χ2n) is 6.51. The van der Waals surface area contributed by atoms with Gasteiger partial charge < -0.3 is 34.4 Å². The molecule has 0 bridgehead atoms. The molecule has 9 nitrogen and oxygen atoms in total. The zero-order valence-corrected chi connectivity index (χ0v) is 19.6. The fourth-order valence-electron chi connectivity index (χ4n) is 3.05. The highest BCUT2D eigenvalue weighted by Crippen LogP contribution is 2.47. The molecule has 0 saturated heterocycles. The fraction of sp³-hybridized carbons (Fsp3) is 0.429. The number of H-pyrrole nitrogens is 1. The lowest BCUT2D eigenvalue weighted by Crippen LogP contribution is -2.18.